The summed E-state index contributed by atoms with van der Waals surface area (Å²) in [4.78, 5) is 35.5. The number of carboxylic acid groups (broad SMARTS) is 1. The smallest absolute Gasteiger partial charge is 0.356 e. The second-order valence-corrected chi connectivity index (χ2v) is 8.89. The van der Waals surface area contributed by atoms with Crippen LogP contribution < -0.4 is 15.8 Å². The van der Waals surface area contributed by atoms with Gasteiger partial charge in [0.1, 0.15) is 11.5 Å². The number of anilines is 2. The summed E-state index contributed by atoms with van der Waals surface area (Å²) in [6.45, 7) is 7.29. The minimum atomic E-state index is -2.71. The van der Waals surface area contributed by atoms with Gasteiger partial charge in [0.2, 0.25) is 0 Å². The number of nitrogens with zero attached hydrogens (tertiary/aromatic N) is 4. The van der Waals surface area contributed by atoms with Crippen molar-refractivity contribution in [2.75, 3.05) is 23.3 Å². The molecule has 4 rings (SSSR count). The number of pyridine rings is 2. The van der Waals surface area contributed by atoms with Crippen LogP contribution in [0.15, 0.2) is 29.2 Å². The number of carbonyl (C=O) groups is 1. The molecular weight excluding hydrogens is 444 g/mol. The van der Waals surface area contributed by atoms with Crippen LogP contribution in [0.5, 0.6) is 0 Å². The van der Waals surface area contributed by atoms with Crippen molar-refractivity contribution in [3.05, 3.63) is 62.8 Å². The maximum atomic E-state index is 13.7. The molecule has 0 aliphatic carbocycles. The van der Waals surface area contributed by atoms with Crippen LogP contribution >= 0.6 is 0 Å². The van der Waals surface area contributed by atoms with E-state index in [1.165, 1.54) is 4.40 Å². The van der Waals surface area contributed by atoms with Crippen molar-refractivity contribution in [1.82, 2.24) is 14.4 Å². The monoisotopic (exact) mass is 471 g/mol. The molecular formula is C24H27F2N5O3. The molecule has 10 heteroatoms. The molecule has 4 heterocycles. The van der Waals surface area contributed by atoms with Gasteiger partial charge >= 0.3 is 5.97 Å². The number of piperidine rings is 1. The third-order valence-electron chi connectivity index (χ3n) is 6.16. The van der Waals surface area contributed by atoms with Gasteiger partial charge in [0, 0.05) is 43.4 Å². The van der Waals surface area contributed by atoms with Crippen molar-refractivity contribution in [3.63, 3.8) is 0 Å². The Morgan fingerprint density at radius 2 is 1.85 bits per heavy atom. The first kappa shape index (κ1) is 23.6. The third kappa shape index (κ3) is 4.44. The molecule has 1 atom stereocenters. The zero-order valence-electron chi connectivity index (χ0n) is 19.5. The van der Waals surface area contributed by atoms with Gasteiger partial charge in [-0.25, -0.2) is 23.5 Å². The zero-order chi connectivity index (χ0) is 24.8. The Labute approximate surface area is 195 Å². The number of aromatic carboxylic acids is 1. The van der Waals surface area contributed by atoms with Crippen LogP contribution in [0.1, 0.15) is 58.7 Å². The molecule has 0 unspecified atom stereocenters. The first-order valence-electron chi connectivity index (χ1n) is 11.1. The Balaban J connectivity index is 1.79. The Hall–Kier alpha value is -3.56. The van der Waals surface area contributed by atoms with Crippen molar-refractivity contribution < 1.29 is 18.7 Å². The summed E-state index contributed by atoms with van der Waals surface area (Å²) in [5, 5.41) is 12.7. The first-order valence-corrected chi connectivity index (χ1v) is 11.1. The second kappa shape index (κ2) is 8.66. The molecule has 1 fully saturated rings. The number of fused-ring (bicyclic) bond motifs is 1. The van der Waals surface area contributed by atoms with Crippen molar-refractivity contribution in [2.24, 2.45) is 0 Å². The minimum Gasteiger partial charge on any atom is -0.476 e. The third-order valence-corrected chi connectivity index (χ3v) is 6.16. The Kier molecular flexibility index (Phi) is 6.01. The summed E-state index contributed by atoms with van der Waals surface area (Å²) >= 11 is 0. The zero-order valence-corrected chi connectivity index (χ0v) is 19.5. The van der Waals surface area contributed by atoms with Crippen LogP contribution in [0.4, 0.5) is 20.3 Å². The summed E-state index contributed by atoms with van der Waals surface area (Å²) in [5.74, 6) is -3.45. The average Bonchev–Trinajstić information content (AvgIpc) is 2.77. The molecule has 1 saturated heterocycles. The van der Waals surface area contributed by atoms with Crippen molar-refractivity contribution in [3.8, 4) is 0 Å². The van der Waals surface area contributed by atoms with Gasteiger partial charge in [0.25, 0.3) is 11.5 Å². The van der Waals surface area contributed by atoms with Crippen molar-refractivity contribution in [1.29, 1.82) is 0 Å². The highest BCUT2D eigenvalue weighted by Crippen LogP contribution is 2.32. The van der Waals surface area contributed by atoms with E-state index in [1.807, 2.05) is 19.9 Å². The van der Waals surface area contributed by atoms with E-state index >= 15 is 0 Å². The number of aromatic nitrogens is 3. The Morgan fingerprint density at radius 1 is 1.18 bits per heavy atom. The molecule has 2 N–H and O–H groups in total. The average molecular weight is 472 g/mol. The number of nitrogens with one attached hydrogen (secondary N) is 1. The number of halogens is 2. The summed E-state index contributed by atoms with van der Waals surface area (Å²) in [6, 6.07) is 4.83. The number of hydrogen-bond donors (Lipinski definition) is 2. The molecule has 0 spiro atoms. The Bertz CT molecular complexity index is 1330. The normalized spacial score (nSPS) is 16.5. The summed E-state index contributed by atoms with van der Waals surface area (Å²) in [5.41, 5.74) is 2.86. The molecule has 1 aliphatic heterocycles. The van der Waals surface area contributed by atoms with Gasteiger partial charge in [0.15, 0.2) is 5.69 Å². The van der Waals surface area contributed by atoms with Gasteiger partial charge in [-0.1, -0.05) is 0 Å². The van der Waals surface area contributed by atoms with E-state index in [2.05, 4.69) is 10.3 Å². The van der Waals surface area contributed by atoms with Crippen LogP contribution in [0, 0.1) is 20.8 Å². The highest BCUT2D eigenvalue weighted by atomic mass is 19.3. The van der Waals surface area contributed by atoms with Crippen LogP contribution in [0.3, 0.4) is 0 Å². The molecule has 1 aliphatic rings. The van der Waals surface area contributed by atoms with E-state index < -0.39 is 17.9 Å². The lowest BCUT2D eigenvalue weighted by molar-refractivity contribution is -0.0221. The first-order chi connectivity index (χ1) is 16.0. The standard InChI is InChI=1S/C24H27F2N5O3/c1-13-11-17(16(4)28-18-6-5-14(2)27-19(18)23(33)34)21-29-20(15(3)22(32)31(21)12-13)30-9-7-24(25,26)8-10-30/h5-6,11-12,16,28H,7-10H2,1-4H3,(H,33,34)/t16-/m1/s1. The lowest BCUT2D eigenvalue weighted by atomic mass is 10.1. The number of hydrogen-bond acceptors (Lipinski definition) is 6. The number of rotatable bonds is 5. The lowest BCUT2D eigenvalue weighted by Crippen LogP contribution is -2.41. The van der Waals surface area contributed by atoms with Gasteiger partial charge in [0.05, 0.1) is 17.3 Å². The summed E-state index contributed by atoms with van der Waals surface area (Å²) < 4.78 is 28.9. The van der Waals surface area contributed by atoms with Gasteiger partial charge in [-0.15, -0.1) is 0 Å². The summed E-state index contributed by atoms with van der Waals surface area (Å²) in [6.07, 6.45) is 1.12. The molecule has 0 amide bonds. The molecule has 0 bridgehead atoms. The predicted octanol–water partition coefficient (Wildman–Crippen LogP) is 4.12. The van der Waals surface area contributed by atoms with E-state index in [0.29, 0.717) is 34.0 Å². The topological polar surface area (TPSA) is 99.8 Å². The molecule has 3 aromatic heterocycles. The molecule has 34 heavy (non-hydrogen) atoms. The van der Waals surface area contributed by atoms with Gasteiger partial charge in [-0.3, -0.25) is 9.20 Å². The largest absolute Gasteiger partial charge is 0.476 e. The van der Waals surface area contributed by atoms with E-state index in [9.17, 15) is 23.5 Å². The highest BCUT2D eigenvalue weighted by molar-refractivity contribution is 5.92. The van der Waals surface area contributed by atoms with Gasteiger partial charge in [-0.05, 0) is 51.5 Å². The summed E-state index contributed by atoms with van der Waals surface area (Å²) in [7, 11) is 0. The predicted molar refractivity (Wildman–Crippen MR) is 125 cm³/mol. The lowest BCUT2D eigenvalue weighted by Gasteiger charge is -2.33. The molecule has 0 radical (unpaired) electrons. The number of alkyl halides is 2. The fraction of sp³-hybridized carbons (Fsp3) is 0.417. The minimum absolute atomic E-state index is 0.0975. The van der Waals surface area contributed by atoms with E-state index in [0.717, 1.165) is 5.56 Å². The highest BCUT2D eigenvalue weighted by Gasteiger charge is 2.35. The maximum Gasteiger partial charge on any atom is 0.356 e. The van der Waals surface area contributed by atoms with Crippen molar-refractivity contribution in [2.45, 2.75) is 52.5 Å². The quantitative estimate of drug-likeness (QED) is 0.577. The molecule has 3 aromatic rings. The van der Waals surface area contributed by atoms with Crippen LogP contribution in [-0.2, 0) is 0 Å². The van der Waals surface area contributed by atoms with E-state index in [1.54, 1.807) is 37.1 Å². The number of aryl methyl sites for hydroxylation is 2. The maximum absolute atomic E-state index is 13.7. The molecule has 8 nitrogen and oxygen atoms in total. The van der Waals surface area contributed by atoms with Crippen LogP contribution in [-0.4, -0.2) is 44.5 Å². The molecule has 0 aromatic carbocycles. The SMILES string of the molecule is Cc1cc([C@@H](C)Nc2ccc(C)nc2C(=O)O)c2nc(N3CCC(F)(F)CC3)c(C)c(=O)n2c1. The Morgan fingerprint density at radius 3 is 2.50 bits per heavy atom. The van der Waals surface area contributed by atoms with Crippen LogP contribution in [0.2, 0.25) is 0 Å². The fourth-order valence-electron chi connectivity index (χ4n) is 4.30. The van der Waals surface area contributed by atoms with Gasteiger partial charge in [-0.2, -0.15) is 0 Å². The second-order valence-electron chi connectivity index (χ2n) is 8.89. The van der Waals surface area contributed by atoms with Crippen LogP contribution in [0.25, 0.3) is 5.65 Å². The number of carboxylic acids is 1. The van der Waals surface area contributed by atoms with Gasteiger partial charge < -0.3 is 15.3 Å². The molecule has 0 saturated carbocycles. The molecule has 180 valence electrons. The van der Waals surface area contributed by atoms with Crippen molar-refractivity contribution >= 4 is 23.1 Å². The van der Waals surface area contributed by atoms with E-state index in [4.69, 9.17) is 4.98 Å². The van der Waals surface area contributed by atoms with E-state index in [-0.39, 0.29) is 37.2 Å². The fourth-order valence-corrected chi connectivity index (χ4v) is 4.30.